The molecule has 0 atom stereocenters. The minimum Gasteiger partial charge on any atom is -0.339 e. The van der Waals surface area contributed by atoms with Crippen molar-refractivity contribution in [3.05, 3.63) is 72.6 Å². The van der Waals surface area contributed by atoms with Gasteiger partial charge < -0.3 is 10.3 Å². The molecule has 0 unspecified atom stereocenters. The van der Waals surface area contributed by atoms with Gasteiger partial charge in [0.1, 0.15) is 11.5 Å². The van der Waals surface area contributed by atoms with Crippen LogP contribution in [-0.2, 0) is 0 Å². The highest BCUT2D eigenvalue weighted by molar-refractivity contribution is 5.80. The van der Waals surface area contributed by atoms with Crippen molar-refractivity contribution in [2.45, 2.75) is 0 Å². The normalized spacial score (nSPS) is 10.9. The summed E-state index contributed by atoms with van der Waals surface area (Å²) < 4.78 is 13.0. The lowest BCUT2D eigenvalue weighted by atomic mass is 10.2. The smallest absolute Gasteiger partial charge is 0.156 e. The number of nitrogens with one attached hydrogen (secondary N) is 3. The minimum atomic E-state index is -0.279. The second kappa shape index (κ2) is 5.66. The van der Waals surface area contributed by atoms with Gasteiger partial charge in [-0.1, -0.05) is 30.8 Å². The number of rotatable bonds is 4. The molecule has 0 aliphatic carbocycles. The second-order valence-corrected chi connectivity index (χ2v) is 5.38. The Labute approximate surface area is 137 Å². The van der Waals surface area contributed by atoms with E-state index < -0.39 is 0 Å². The maximum atomic E-state index is 13.0. The molecule has 2 heterocycles. The van der Waals surface area contributed by atoms with E-state index in [1.54, 1.807) is 12.1 Å². The van der Waals surface area contributed by atoms with Crippen LogP contribution in [0.2, 0.25) is 0 Å². The van der Waals surface area contributed by atoms with Crippen LogP contribution >= 0.6 is 0 Å². The number of fused-ring (bicyclic) bond motifs is 1. The number of hydrogen-bond donors (Lipinski definition) is 3. The Hall–Kier alpha value is -3.41. The molecule has 4 rings (SSSR count). The average Bonchev–Trinajstić information content (AvgIpc) is 3.21. The van der Waals surface area contributed by atoms with Crippen LogP contribution in [0.4, 0.5) is 10.2 Å². The maximum Gasteiger partial charge on any atom is 0.156 e. The lowest BCUT2D eigenvalue weighted by Gasteiger charge is -2.06. The van der Waals surface area contributed by atoms with Gasteiger partial charge in [0, 0.05) is 11.8 Å². The third-order valence-corrected chi connectivity index (χ3v) is 3.69. The number of anilines is 1. The van der Waals surface area contributed by atoms with Crippen molar-refractivity contribution in [2.24, 2.45) is 0 Å². The van der Waals surface area contributed by atoms with Gasteiger partial charge in [0.2, 0.25) is 0 Å². The molecule has 118 valence electrons. The molecule has 6 heteroatoms. The molecule has 0 bridgehead atoms. The van der Waals surface area contributed by atoms with Gasteiger partial charge in [-0.2, -0.15) is 5.10 Å². The third-order valence-electron chi connectivity index (χ3n) is 3.69. The zero-order valence-electron chi connectivity index (χ0n) is 12.7. The number of imidazole rings is 1. The molecule has 0 aliphatic heterocycles. The largest absolute Gasteiger partial charge is 0.339 e. The van der Waals surface area contributed by atoms with Crippen molar-refractivity contribution in [3.8, 4) is 11.5 Å². The van der Waals surface area contributed by atoms with Crippen LogP contribution in [0.5, 0.6) is 0 Å². The molecule has 2 aromatic carbocycles. The third kappa shape index (κ3) is 2.65. The fourth-order valence-corrected chi connectivity index (χ4v) is 2.47. The molecular formula is C18H14FN5. The molecule has 0 saturated carbocycles. The van der Waals surface area contributed by atoms with Crippen LogP contribution in [0.15, 0.2) is 61.2 Å². The summed E-state index contributed by atoms with van der Waals surface area (Å²) in [5.41, 5.74) is 4.06. The highest BCUT2D eigenvalue weighted by Gasteiger charge is 2.09. The lowest BCUT2D eigenvalue weighted by Crippen LogP contribution is -1.97. The Morgan fingerprint density at radius 2 is 1.88 bits per heavy atom. The number of para-hydroxylation sites is 2. The fourth-order valence-electron chi connectivity index (χ4n) is 2.47. The van der Waals surface area contributed by atoms with Gasteiger partial charge in [0.25, 0.3) is 0 Å². The van der Waals surface area contributed by atoms with Gasteiger partial charge in [0.05, 0.1) is 11.0 Å². The van der Waals surface area contributed by atoms with Crippen molar-refractivity contribution in [1.29, 1.82) is 0 Å². The number of hydrogen-bond acceptors (Lipinski definition) is 3. The molecule has 0 amide bonds. The highest BCUT2D eigenvalue weighted by Crippen LogP contribution is 2.22. The SMILES string of the molecule is C=C(Nc1cc(-c2nc3ccccc3[nH]2)[nH]n1)c1ccc(F)cc1. The number of benzene rings is 2. The van der Waals surface area contributed by atoms with Crippen molar-refractivity contribution >= 4 is 22.5 Å². The van der Waals surface area contributed by atoms with Crippen molar-refractivity contribution in [2.75, 3.05) is 5.32 Å². The molecule has 0 aliphatic rings. The molecular weight excluding hydrogens is 305 g/mol. The first-order chi connectivity index (χ1) is 11.7. The zero-order valence-corrected chi connectivity index (χ0v) is 12.7. The summed E-state index contributed by atoms with van der Waals surface area (Å²) >= 11 is 0. The van der Waals surface area contributed by atoms with Gasteiger partial charge in [0.15, 0.2) is 11.6 Å². The molecule has 4 aromatic rings. The average molecular weight is 319 g/mol. The summed E-state index contributed by atoms with van der Waals surface area (Å²) in [6.45, 7) is 3.96. The monoisotopic (exact) mass is 319 g/mol. The van der Waals surface area contributed by atoms with Crippen molar-refractivity contribution in [1.82, 2.24) is 20.2 Å². The van der Waals surface area contributed by atoms with E-state index in [2.05, 4.69) is 32.1 Å². The van der Waals surface area contributed by atoms with E-state index >= 15 is 0 Å². The van der Waals surface area contributed by atoms with Gasteiger partial charge in [-0.05, 0) is 29.8 Å². The van der Waals surface area contributed by atoms with Crippen LogP contribution in [0.3, 0.4) is 0 Å². The first-order valence-electron chi connectivity index (χ1n) is 7.41. The summed E-state index contributed by atoms with van der Waals surface area (Å²) in [5.74, 6) is 1.04. The van der Waals surface area contributed by atoms with E-state index in [0.717, 1.165) is 22.3 Å². The lowest BCUT2D eigenvalue weighted by molar-refractivity contribution is 0.627. The Balaban J connectivity index is 1.56. The van der Waals surface area contributed by atoms with E-state index in [-0.39, 0.29) is 5.82 Å². The van der Waals surface area contributed by atoms with E-state index in [0.29, 0.717) is 17.3 Å². The Kier molecular flexibility index (Phi) is 3.35. The number of halogens is 1. The van der Waals surface area contributed by atoms with Crippen LogP contribution in [0.25, 0.3) is 28.2 Å². The molecule has 0 spiro atoms. The van der Waals surface area contributed by atoms with Gasteiger partial charge in [-0.25, -0.2) is 9.37 Å². The Bertz CT molecular complexity index is 980. The van der Waals surface area contributed by atoms with Crippen LogP contribution < -0.4 is 5.32 Å². The van der Waals surface area contributed by atoms with Crippen molar-refractivity contribution < 1.29 is 4.39 Å². The Morgan fingerprint density at radius 1 is 1.08 bits per heavy atom. The number of aromatic nitrogens is 4. The number of nitrogens with zero attached hydrogens (tertiary/aromatic N) is 2. The van der Waals surface area contributed by atoms with Gasteiger partial charge in [-0.3, -0.25) is 5.10 Å². The quantitative estimate of drug-likeness (QED) is 0.528. The molecule has 0 fully saturated rings. The topological polar surface area (TPSA) is 69.4 Å². The van der Waals surface area contributed by atoms with E-state index in [9.17, 15) is 4.39 Å². The Morgan fingerprint density at radius 3 is 2.67 bits per heavy atom. The van der Waals surface area contributed by atoms with E-state index in [4.69, 9.17) is 0 Å². The summed E-state index contributed by atoms with van der Waals surface area (Å²) in [4.78, 5) is 7.77. The summed E-state index contributed by atoms with van der Waals surface area (Å²) in [6.07, 6.45) is 0. The number of H-pyrrole nitrogens is 2. The van der Waals surface area contributed by atoms with Crippen molar-refractivity contribution in [3.63, 3.8) is 0 Å². The second-order valence-electron chi connectivity index (χ2n) is 5.38. The number of aromatic amines is 2. The summed E-state index contributed by atoms with van der Waals surface area (Å²) in [5, 5.41) is 10.3. The van der Waals surface area contributed by atoms with Crippen LogP contribution in [0.1, 0.15) is 5.56 Å². The predicted molar refractivity (Wildman–Crippen MR) is 92.7 cm³/mol. The molecule has 0 radical (unpaired) electrons. The first kappa shape index (κ1) is 14.2. The maximum absolute atomic E-state index is 13.0. The minimum absolute atomic E-state index is 0.279. The molecule has 24 heavy (non-hydrogen) atoms. The molecule has 2 aromatic heterocycles. The molecule has 0 saturated heterocycles. The van der Waals surface area contributed by atoms with Gasteiger partial charge in [-0.15, -0.1) is 0 Å². The predicted octanol–water partition coefficient (Wildman–Crippen LogP) is 4.17. The summed E-state index contributed by atoms with van der Waals surface area (Å²) in [6, 6.07) is 15.8. The summed E-state index contributed by atoms with van der Waals surface area (Å²) in [7, 11) is 0. The fraction of sp³-hybridized carbons (Fsp3) is 0. The van der Waals surface area contributed by atoms with Crippen LogP contribution in [0, 0.1) is 5.82 Å². The molecule has 5 nitrogen and oxygen atoms in total. The first-order valence-corrected chi connectivity index (χ1v) is 7.41. The standard InChI is InChI=1S/C18H14FN5/c1-11(12-6-8-13(19)9-7-12)20-17-10-16(23-24-17)18-21-14-4-2-3-5-15(14)22-18/h2-10H,1H2,(H,21,22)(H2,20,23,24). The van der Waals surface area contributed by atoms with E-state index in [1.807, 2.05) is 30.3 Å². The van der Waals surface area contributed by atoms with Gasteiger partial charge >= 0.3 is 0 Å². The molecule has 3 N–H and O–H groups in total. The zero-order chi connectivity index (χ0) is 16.5. The van der Waals surface area contributed by atoms with E-state index in [1.165, 1.54) is 12.1 Å². The highest BCUT2D eigenvalue weighted by atomic mass is 19.1. The van der Waals surface area contributed by atoms with Crippen LogP contribution in [-0.4, -0.2) is 20.2 Å².